The number of imidazole rings is 1. The van der Waals surface area contributed by atoms with E-state index in [1.807, 2.05) is 16.7 Å². The summed E-state index contributed by atoms with van der Waals surface area (Å²) in [4.78, 5) is 17.9. The van der Waals surface area contributed by atoms with Crippen molar-refractivity contribution in [1.29, 1.82) is 0 Å². The molecule has 3 heterocycles. The van der Waals surface area contributed by atoms with Crippen molar-refractivity contribution >= 4 is 14.1 Å². The molecule has 0 radical (unpaired) electrons. The fourth-order valence-corrected chi connectivity index (χ4v) is 7.38. The average Bonchev–Trinajstić information content (AvgIpc) is 3.26. The zero-order valence-electron chi connectivity index (χ0n) is 20.1. The molecule has 0 aliphatic rings. The molecular weight excluding hydrogens is 452 g/mol. The van der Waals surface area contributed by atoms with E-state index in [4.69, 9.17) is 9.41 Å². The Hall–Kier alpha value is -3.04. The van der Waals surface area contributed by atoms with E-state index in [-0.39, 0.29) is 11.4 Å². The Bertz CT molecular complexity index is 1310. The van der Waals surface area contributed by atoms with Gasteiger partial charge in [-0.05, 0) is 56.2 Å². The highest BCUT2D eigenvalue weighted by Crippen LogP contribution is 2.33. The van der Waals surface area contributed by atoms with Gasteiger partial charge < -0.3 is 4.43 Å². The molecular formula is C25H29F2N5OSi. The lowest BCUT2D eigenvalue weighted by Gasteiger charge is -2.37. The Morgan fingerprint density at radius 1 is 0.971 bits per heavy atom. The van der Waals surface area contributed by atoms with Gasteiger partial charge in [0, 0.05) is 18.5 Å². The molecule has 0 aliphatic heterocycles. The summed E-state index contributed by atoms with van der Waals surface area (Å²) in [7, 11) is -1.84. The second kappa shape index (κ2) is 9.30. The van der Waals surface area contributed by atoms with Crippen LogP contribution in [-0.4, -0.2) is 32.7 Å². The number of fused-ring (bicyclic) bond motifs is 1. The van der Waals surface area contributed by atoms with Gasteiger partial charge in [0.1, 0.15) is 11.6 Å². The van der Waals surface area contributed by atoms with Crippen LogP contribution in [0.4, 0.5) is 8.78 Å². The number of benzene rings is 1. The minimum Gasteiger partial charge on any atom is -0.406 e. The maximum atomic E-state index is 14.3. The third-order valence-corrected chi connectivity index (χ3v) is 11.3. The summed E-state index contributed by atoms with van der Waals surface area (Å²) in [5, 5.41) is 0. The fourth-order valence-electron chi connectivity index (χ4n) is 4.26. The van der Waals surface area contributed by atoms with Crippen molar-refractivity contribution in [3.63, 3.8) is 0 Å². The normalized spacial score (nSPS) is 12.4. The Morgan fingerprint density at radius 3 is 2.38 bits per heavy atom. The number of aromatic nitrogens is 5. The van der Waals surface area contributed by atoms with Crippen LogP contribution in [0.15, 0.2) is 48.9 Å². The van der Waals surface area contributed by atoms with Gasteiger partial charge in [-0.3, -0.25) is 4.40 Å². The van der Waals surface area contributed by atoms with Gasteiger partial charge >= 0.3 is 0 Å². The molecule has 0 aliphatic carbocycles. The number of hydrogen-bond acceptors (Lipinski definition) is 5. The molecule has 0 saturated carbocycles. The topological polar surface area (TPSA) is 65.2 Å². The van der Waals surface area contributed by atoms with Crippen LogP contribution in [-0.2, 0) is 10.0 Å². The van der Waals surface area contributed by atoms with Crippen molar-refractivity contribution in [2.24, 2.45) is 0 Å². The highest BCUT2D eigenvalue weighted by atomic mass is 28.4. The van der Waals surface area contributed by atoms with Gasteiger partial charge in [-0.15, -0.1) is 0 Å². The van der Waals surface area contributed by atoms with Crippen molar-refractivity contribution in [2.45, 2.75) is 58.4 Å². The molecule has 0 amide bonds. The van der Waals surface area contributed by atoms with Gasteiger partial charge in [-0.1, -0.05) is 20.8 Å². The van der Waals surface area contributed by atoms with Gasteiger partial charge in [0.05, 0.1) is 34.4 Å². The van der Waals surface area contributed by atoms with Crippen LogP contribution >= 0.6 is 0 Å². The molecule has 0 bridgehead atoms. The lowest BCUT2D eigenvalue weighted by atomic mass is 10.1. The molecule has 0 fully saturated rings. The summed E-state index contributed by atoms with van der Waals surface area (Å²) >= 11 is 0. The second-order valence-corrected chi connectivity index (χ2v) is 13.6. The zero-order valence-corrected chi connectivity index (χ0v) is 21.1. The molecule has 1 aromatic carbocycles. The van der Waals surface area contributed by atoms with Crippen molar-refractivity contribution < 1.29 is 13.2 Å². The lowest BCUT2D eigenvalue weighted by Crippen LogP contribution is -2.43. The average molecular weight is 482 g/mol. The summed E-state index contributed by atoms with van der Waals surface area (Å²) in [5.74, 6) is -0.669. The maximum Gasteiger partial charge on any atom is 0.234 e. The molecule has 9 heteroatoms. The van der Waals surface area contributed by atoms with E-state index in [0.29, 0.717) is 17.2 Å². The van der Waals surface area contributed by atoms with Crippen LogP contribution in [0, 0.1) is 11.6 Å². The van der Waals surface area contributed by atoms with E-state index < -0.39 is 25.6 Å². The Kier molecular flexibility index (Phi) is 6.59. The second-order valence-electron chi connectivity index (χ2n) is 8.87. The monoisotopic (exact) mass is 481 g/mol. The first-order valence-electron chi connectivity index (χ1n) is 11.6. The smallest absolute Gasteiger partial charge is 0.234 e. The summed E-state index contributed by atoms with van der Waals surface area (Å²) in [6, 6.07) is 10.2. The molecule has 0 N–H and O–H groups in total. The lowest BCUT2D eigenvalue weighted by molar-refractivity contribution is 0.0894. The van der Waals surface area contributed by atoms with E-state index in [9.17, 15) is 8.78 Å². The SMILES string of the molecule is CC[Si](CC)(CC)OC(C)(C)c1ccn2c(-c3ccnc(-c4ccc(F)cc4F)n3)cnc2n1. The third-order valence-electron chi connectivity index (χ3n) is 6.49. The van der Waals surface area contributed by atoms with Crippen LogP contribution in [0.1, 0.15) is 40.3 Å². The first-order chi connectivity index (χ1) is 16.2. The van der Waals surface area contributed by atoms with Crippen molar-refractivity contribution in [3.8, 4) is 22.8 Å². The summed E-state index contributed by atoms with van der Waals surface area (Å²) in [5.41, 5.74) is 1.66. The summed E-state index contributed by atoms with van der Waals surface area (Å²) < 4.78 is 36.1. The Morgan fingerprint density at radius 2 is 1.71 bits per heavy atom. The highest BCUT2D eigenvalue weighted by molar-refractivity contribution is 6.73. The van der Waals surface area contributed by atoms with Gasteiger partial charge in [0.25, 0.3) is 0 Å². The molecule has 0 saturated heterocycles. The molecule has 34 heavy (non-hydrogen) atoms. The van der Waals surface area contributed by atoms with E-state index in [0.717, 1.165) is 29.9 Å². The summed E-state index contributed by atoms with van der Waals surface area (Å²) in [6.45, 7) is 10.8. The van der Waals surface area contributed by atoms with Crippen molar-refractivity contribution in [1.82, 2.24) is 24.3 Å². The molecule has 4 rings (SSSR count). The predicted molar refractivity (Wildman–Crippen MR) is 131 cm³/mol. The molecule has 0 unspecified atom stereocenters. The standard InChI is InChI=1S/C25H29F2N5OSi/c1-6-34(7-2,8-3)33-25(4,5)22-12-14-32-21(16-29-24(32)31-22)20-11-13-28-23(30-20)18-10-9-17(26)15-19(18)27/h9-16H,6-8H2,1-5H3. The quantitative estimate of drug-likeness (QED) is 0.273. The first-order valence-corrected chi connectivity index (χ1v) is 14.1. The zero-order chi connectivity index (χ0) is 24.5. The number of nitrogens with zero attached hydrogens (tertiary/aromatic N) is 5. The maximum absolute atomic E-state index is 14.3. The largest absolute Gasteiger partial charge is 0.406 e. The number of rotatable bonds is 8. The Balaban J connectivity index is 1.69. The number of halogens is 2. The van der Waals surface area contributed by atoms with Crippen LogP contribution in [0.3, 0.4) is 0 Å². The molecule has 0 spiro atoms. The first kappa shape index (κ1) is 24.1. The minimum absolute atomic E-state index is 0.131. The molecule has 0 atom stereocenters. The minimum atomic E-state index is -1.84. The molecule has 3 aromatic heterocycles. The molecule has 6 nitrogen and oxygen atoms in total. The van der Waals surface area contributed by atoms with Gasteiger partial charge in [0.15, 0.2) is 14.1 Å². The predicted octanol–water partition coefficient (Wildman–Crippen LogP) is 6.39. The highest BCUT2D eigenvalue weighted by Gasteiger charge is 2.37. The van der Waals surface area contributed by atoms with Crippen LogP contribution in [0.2, 0.25) is 18.1 Å². The Labute approximate surface area is 199 Å². The van der Waals surface area contributed by atoms with E-state index in [1.54, 1.807) is 18.5 Å². The molecule has 4 aromatic rings. The number of hydrogen-bond donors (Lipinski definition) is 0. The van der Waals surface area contributed by atoms with Crippen LogP contribution in [0.25, 0.3) is 28.6 Å². The van der Waals surface area contributed by atoms with Crippen molar-refractivity contribution in [3.05, 3.63) is 66.3 Å². The van der Waals surface area contributed by atoms with Crippen LogP contribution in [0.5, 0.6) is 0 Å². The van der Waals surface area contributed by atoms with Gasteiger partial charge in [0.2, 0.25) is 5.78 Å². The van der Waals surface area contributed by atoms with Gasteiger partial charge in [-0.2, -0.15) is 0 Å². The van der Waals surface area contributed by atoms with Crippen LogP contribution < -0.4 is 0 Å². The van der Waals surface area contributed by atoms with E-state index >= 15 is 0 Å². The summed E-state index contributed by atoms with van der Waals surface area (Å²) in [6.07, 6.45) is 5.12. The van der Waals surface area contributed by atoms with E-state index in [2.05, 4.69) is 49.6 Å². The fraction of sp³-hybridized carbons (Fsp3) is 0.360. The molecule has 178 valence electrons. The van der Waals surface area contributed by atoms with E-state index in [1.165, 1.54) is 12.1 Å². The third kappa shape index (κ3) is 4.50. The van der Waals surface area contributed by atoms with Gasteiger partial charge in [-0.25, -0.2) is 28.7 Å². The van der Waals surface area contributed by atoms with Crippen molar-refractivity contribution in [2.75, 3.05) is 0 Å².